The van der Waals surface area contributed by atoms with Crippen molar-refractivity contribution >= 4 is 32.9 Å². The second kappa shape index (κ2) is 6.52. The monoisotopic (exact) mass is 401 g/mol. The number of aryl methyl sites for hydroxylation is 2. The molecule has 0 radical (unpaired) electrons. The minimum Gasteiger partial charge on any atom is -0.496 e. The standard InChI is InChI=1S/C19H20BrN3O2/c1-5-23-9-13(20)17-12(8-14(18(21)24)22-19(17)23)16-10(2)6-7-15(25-4)11(16)3/h6-9H,5H2,1-4H3,(H2,21,24). The number of pyridine rings is 1. The Morgan fingerprint density at radius 1 is 1.36 bits per heavy atom. The lowest BCUT2D eigenvalue weighted by Crippen LogP contribution is -2.14. The Hall–Kier alpha value is -2.34. The number of ether oxygens (including phenoxy) is 1. The lowest BCUT2D eigenvalue weighted by molar-refractivity contribution is 0.0996. The lowest BCUT2D eigenvalue weighted by atomic mass is 9.93. The van der Waals surface area contributed by atoms with Gasteiger partial charge in [-0.3, -0.25) is 4.79 Å². The number of rotatable bonds is 4. The smallest absolute Gasteiger partial charge is 0.267 e. The van der Waals surface area contributed by atoms with E-state index in [9.17, 15) is 4.79 Å². The fraction of sp³-hybridized carbons (Fsp3) is 0.263. The summed E-state index contributed by atoms with van der Waals surface area (Å²) in [5.74, 6) is 0.263. The first-order valence-corrected chi connectivity index (χ1v) is 8.82. The van der Waals surface area contributed by atoms with Crippen LogP contribution in [0.2, 0.25) is 0 Å². The first-order chi connectivity index (χ1) is 11.9. The van der Waals surface area contributed by atoms with E-state index in [4.69, 9.17) is 10.5 Å². The van der Waals surface area contributed by atoms with Crippen LogP contribution in [0.5, 0.6) is 5.75 Å². The number of nitrogens with zero attached hydrogens (tertiary/aromatic N) is 2. The van der Waals surface area contributed by atoms with Crippen molar-refractivity contribution in [2.75, 3.05) is 7.11 Å². The molecule has 0 fully saturated rings. The molecule has 0 atom stereocenters. The summed E-state index contributed by atoms with van der Waals surface area (Å²) in [7, 11) is 1.65. The molecule has 2 N–H and O–H groups in total. The maximum absolute atomic E-state index is 11.8. The molecule has 2 aromatic heterocycles. The molecule has 0 aliphatic carbocycles. The van der Waals surface area contributed by atoms with Gasteiger partial charge >= 0.3 is 0 Å². The molecular formula is C19H20BrN3O2. The van der Waals surface area contributed by atoms with Gasteiger partial charge in [0.1, 0.15) is 17.1 Å². The van der Waals surface area contributed by atoms with Gasteiger partial charge in [-0.15, -0.1) is 0 Å². The molecule has 6 heteroatoms. The molecule has 0 aliphatic rings. The highest BCUT2D eigenvalue weighted by Crippen LogP contribution is 2.40. The Labute approximate surface area is 154 Å². The molecule has 0 aliphatic heterocycles. The second-order valence-corrected chi connectivity index (χ2v) is 6.82. The third-order valence-corrected chi connectivity index (χ3v) is 5.09. The number of aromatic nitrogens is 2. The van der Waals surface area contributed by atoms with Crippen molar-refractivity contribution in [1.82, 2.24) is 9.55 Å². The van der Waals surface area contributed by atoms with Crippen molar-refractivity contribution < 1.29 is 9.53 Å². The lowest BCUT2D eigenvalue weighted by Gasteiger charge is -2.16. The summed E-state index contributed by atoms with van der Waals surface area (Å²) >= 11 is 3.64. The Bertz CT molecular complexity index is 992. The van der Waals surface area contributed by atoms with Crippen LogP contribution in [-0.4, -0.2) is 22.6 Å². The predicted octanol–water partition coefficient (Wildman–Crippen LogP) is 4.21. The van der Waals surface area contributed by atoms with Crippen LogP contribution in [0.4, 0.5) is 0 Å². The van der Waals surface area contributed by atoms with Crippen LogP contribution in [0.1, 0.15) is 28.5 Å². The van der Waals surface area contributed by atoms with Gasteiger partial charge in [0, 0.05) is 22.6 Å². The fourth-order valence-electron chi connectivity index (χ4n) is 3.27. The SMILES string of the molecule is CCn1cc(Br)c2c(-c3c(C)ccc(OC)c3C)cc(C(N)=O)nc21. The second-order valence-electron chi connectivity index (χ2n) is 5.97. The molecule has 0 saturated carbocycles. The Kier molecular flexibility index (Phi) is 4.56. The first-order valence-electron chi connectivity index (χ1n) is 8.02. The first kappa shape index (κ1) is 17.5. The predicted molar refractivity (Wildman–Crippen MR) is 103 cm³/mol. The van der Waals surface area contributed by atoms with Crippen LogP contribution in [0, 0.1) is 13.8 Å². The van der Waals surface area contributed by atoms with Crippen molar-refractivity contribution in [1.29, 1.82) is 0 Å². The maximum Gasteiger partial charge on any atom is 0.267 e. The van der Waals surface area contributed by atoms with Crippen molar-refractivity contribution in [2.45, 2.75) is 27.3 Å². The normalized spacial score (nSPS) is 11.1. The van der Waals surface area contributed by atoms with Gasteiger partial charge in [0.15, 0.2) is 0 Å². The molecular weight excluding hydrogens is 382 g/mol. The number of fused-ring (bicyclic) bond motifs is 1. The van der Waals surface area contributed by atoms with Gasteiger partial charge in [-0.05, 0) is 71.1 Å². The molecule has 0 unspecified atom stereocenters. The maximum atomic E-state index is 11.8. The van der Waals surface area contributed by atoms with Gasteiger partial charge in [0.05, 0.1) is 7.11 Å². The summed E-state index contributed by atoms with van der Waals surface area (Å²) in [4.78, 5) is 16.3. The summed E-state index contributed by atoms with van der Waals surface area (Å²) < 4.78 is 8.42. The average Bonchev–Trinajstić information content (AvgIpc) is 2.91. The molecule has 3 rings (SSSR count). The molecule has 130 valence electrons. The largest absolute Gasteiger partial charge is 0.496 e. The fourth-order valence-corrected chi connectivity index (χ4v) is 3.90. The summed E-state index contributed by atoms with van der Waals surface area (Å²) in [6, 6.07) is 5.74. The van der Waals surface area contributed by atoms with E-state index in [1.54, 1.807) is 13.2 Å². The minimum absolute atomic E-state index is 0.254. The number of hydrogen-bond donors (Lipinski definition) is 1. The molecule has 0 bridgehead atoms. The third-order valence-electron chi connectivity index (χ3n) is 4.49. The average molecular weight is 402 g/mol. The van der Waals surface area contributed by atoms with Crippen molar-refractivity contribution in [3.05, 3.63) is 45.7 Å². The minimum atomic E-state index is -0.540. The molecule has 25 heavy (non-hydrogen) atoms. The van der Waals surface area contributed by atoms with Crippen LogP contribution >= 0.6 is 15.9 Å². The highest BCUT2D eigenvalue weighted by atomic mass is 79.9. The number of primary amides is 1. The Balaban J connectivity index is 2.48. The number of halogens is 1. The molecule has 0 saturated heterocycles. The number of hydrogen-bond acceptors (Lipinski definition) is 3. The summed E-state index contributed by atoms with van der Waals surface area (Å²) in [6.07, 6.45) is 1.98. The number of nitrogens with two attached hydrogens (primary N) is 1. The van der Waals surface area contributed by atoms with E-state index >= 15 is 0 Å². The van der Waals surface area contributed by atoms with E-state index in [0.29, 0.717) is 0 Å². The van der Waals surface area contributed by atoms with E-state index in [1.165, 1.54) is 0 Å². The Morgan fingerprint density at radius 2 is 2.08 bits per heavy atom. The van der Waals surface area contributed by atoms with Gasteiger partial charge in [0.2, 0.25) is 0 Å². The summed E-state index contributed by atoms with van der Waals surface area (Å²) in [6.45, 7) is 6.84. The van der Waals surface area contributed by atoms with Gasteiger partial charge in [-0.25, -0.2) is 4.98 Å². The van der Waals surface area contributed by atoms with Crippen LogP contribution in [0.15, 0.2) is 28.9 Å². The highest BCUT2D eigenvalue weighted by Gasteiger charge is 2.20. The van der Waals surface area contributed by atoms with Gasteiger partial charge in [-0.2, -0.15) is 0 Å². The molecule has 5 nitrogen and oxygen atoms in total. The number of methoxy groups -OCH3 is 1. The van der Waals surface area contributed by atoms with E-state index < -0.39 is 5.91 Å². The Morgan fingerprint density at radius 3 is 2.68 bits per heavy atom. The van der Waals surface area contributed by atoms with E-state index in [2.05, 4.69) is 20.9 Å². The molecule has 0 spiro atoms. The van der Waals surface area contributed by atoms with Crippen LogP contribution in [0.25, 0.3) is 22.2 Å². The third kappa shape index (κ3) is 2.80. The number of benzene rings is 1. The van der Waals surface area contributed by atoms with E-state index in [0.717, 1.165) is 50.1 Å². The van der Waals surface area contributed by atoms with Gasteiger partial charge in [-0.1, -0.05) is 6.07 Å². The highest BCUT2D eigenvalue weighted by molar-refractivity contribution is 9.10. The number of carbonyl (C=O) groups is 1. The van der Waals surface area contributed by atoms with Gasteiger partial charge in [0.25, 0.3) is 5.91 Å². The van der Waals surface area contributed by atoms with E-state index in [-0.39, 0.29) is 5.69 Å². The molecule has 3 aromatic rings. The van der Waals surface area contributed by atoms with Gasteiger partial charge < -0.3 is 15.0 Å². The van der Waals surface area contributed by atoms with Crippen molar-refractivity contribution in [3.8, 4) is 16.9 Å². The number of amides is 1. The summed E-state index contributed by atoms with van der Waals surface area (Å²) in [5, 5.41) is 0.964. The molecule has 1 amide bonds. The topological polar surface area (TPSA) is 70.1 Å². The van der Waals surface area contributed by atoms with Crippen molar-refractivity contribution in [3.63, 3.8) is 0 Å². The van der Waals surface area contributed by atoms with Crippen LogP contribution in [0.3, 0.4) is 0 Å². The molecule has 1 aromatic carbocycles. The quantitative estimate of drug-likeness (QED) is 0.711. The zero-order chi connectivity index (χ0) is 18.3. The van der Waals surface area contributed by atoms with E-state index in [1.807, 2.05) is 43.7 Å². The summed E-state index contributed by atoms with van der Waals surface area (Å²) in [5.41, 5.74) is 10.6. The van der Waals surface area contributed by atoms with Crippen LogP contribution in [-0.2, 0) is 6.54 Å². The zero-order valence-electron chi connectivity index (χ0n) is 14.7. The zero-order valence-corrected chi connectivity index (χ0v) is 16.3. The number of carbonyl (C=O) groups excluding carboxylic acids is 1. The van der Waals surface area contributed by atoms with Crippen LogP contribution < -0.4 is 10.5 Å². The van der Waals surface area contributed by atoms with Crippen molar-refractivity contribution in [2.24, 2.45) is 5.73 Å². The molecule has 2 heterocycles.